The number of nitrogens with one attached hydrogen (secondary N) is 3. The van der Waals surface area contributed by atoms with Crippen LogP contribution in [0.25, 0.3) is 22.3 Å². The summed E-state index contributed by atoms with van der Waals surface area (Å²) in [5.74, 6) is -0.365. The summed E-state index contributed by atoms with van der Waals surface area (Å²) in [4.78, 5) is 40.0. The van der Waals surface area contributed by atoms with Crippen LogP contribution in [0.2, 0.25) is 0 Å². The highest BCUT2D eigenvalue weighted by molar-refractivity contribution is 6.06. The number of pyridine rings is 2. The zero-order chi connectivity index (χ0) is 25.6. The van der Waals surface area contributed by atoms with Crippen LogP contribution in [0.5, 0.6) is 0 Å². The summed E-state index contributed by atoms with van der Waals surface area (Å²) >= 11 is 0. The van der Waals surface area contributed by atoms with Gasteiger partial charge in [0.05, 0.1) is 47.3 Å². The second-order valence-electron chi connectivity index (χ2n) is 10.4. The number of fused-ring (bicyclic) bond motifs is 1. The summed E-state index contributed by atoms with van der Waals surface area (Å²) in [6, 6.07) is 5.50. The number of hydrogen-bond donors (Lipinski definition) is 3. The first-order chi connectivity index (χ1) is 17.9. The van der Waals surface area contributed by atoms with E-state index in [2.05, 4.69) is 35.6 Å². The zero-order valence-electron chi connectivity index (χ0n) is 21.0. The predicted molar refractivity (Wildman–Crippen MR) is 141 cm³/mol. The fourth-order valence-electron chi connectivity index (χ4n) is 5.04. The Morgan fingerprint density at radius 2 is 1.84 bits per heavy atom. The van der Waals surface area contributed by atoms with Gasteiger partial charge in [0.1, 0.15) is 5.65 Å². The Bertz CT molecular complexity index is 1490. The molecule has 3 N–H and O–H groups in total. The lowest BCUT2D eigenvalue weighted by molar-refractivity contribution is -0.117. The molecule has 1 aliphatic heterocycles. The van der Waals surface area contributed by atoms with Gasteiger partial charge in [0.15, 0.2) is 0 Å². The van der Waals surface area contributed by atoms with E-state index in [0.717, 1.165) is 29.7 Å². The van der Waals surface area contributed by atoms with Crippen molar-refractivity contribution in [3.05, 3.63) is 54.2 Å². The van der Waals surface area contributed by atoms with Crippen molar-refractivity contribution in [3.8, 4) is 11.3 Å². The molecule has 2 aliphatic rings. The van der Waals surface area contributed by atoms with E-state index >= 15 is 0 Å². The van der Waals surface area contributed by atoms with Gasteiger partial charge in [-0.25, -0.2) is 4.98 Å². The highest BCUT2D eigenvalue weighted by Crippen LogP contribution is 2.53. The molecule has 1 spiro atoms. The molecule has 0 radical (unpaired) electrons. The molecule has 1 aliphatic carbocycles. The Kier molecular flexibility index (Phi) is 5.75. The molecule has 4 aromatic rings. The van der Waals surface area contributed by atoms with E-state index in [1.807, 2.05) is 26.2 Å². The quantitative estimate of drug-likeness (QED) is 0.373. The minimum Gasteiger partial charge on any atom is -0.339 e. The van der Waals surface area contributed by atoms with Crippen molar-refractivity contribution < 1.29 is 9.59 Å². The average Bonchev–Trinajstić information content (AvgIpc) is 3.28. The van der Waals surface area contributed by atoms with Crippen LogP contribution in [0, 0.1) is 12.3 Å². The summed E-state index contributed by atoms with van der Waals surface area (Å²) in [5, 5.41) is 10.9. The van der Waals surface area contributed by atoms with Crippen molar-refractivity contribution >= 4 is 34.2 Å². The highest BCUT2D eigenvalue weighted by Gasteiger charge is 2.44. The number of aromatic nitrogens is 5. The Hall–Kier alpha value is -4.05. The Morgan fingerprint density at radius 3 is 2.57 bits per heavy atom. The molecule has 1 saturated carbocycles. The first kappa shape index (κ1) is 23.4. The number of carbonyl (C=O) groups excluding carboxylic acids is 2. The van der Waals surface area contributed by atoms with E-state index in [1.165, 1.54) is 25.7 Å². The third-order valence-electron chi connectivity index (χ3n) is 7.61. The summed E-state index contributed by atoms with van der Waals surface area (Å²) in [6.45, 7) is 4.14. The first-order valence-electron chi connectivity index (χ1n) is 12.6. The molecule has 4 aromatic heterocycles. The Morgan fingerprint density at radius 1 is 1.03 bits per heavy atom. The minimum absolute atomic E-state index is 0.0683. The maximum atomic E-state index is 13.0. The van der Waals surface area contributed by atoms with Crippen LogP contribution in [-0.4, -0.2) is 61.1 Å². The van der Waals surface area contributed by atoms with E-state index in [0.29, 0.717) is 40.2 Å². The molecule has 6 rings (SSSR count). The molecule has 10 nitrogen and oxygen atoms in total. The summed E-state index contributed by atoms with van der Waals surface area (Å²) in [5.41, 5.74) is 5.29. The van der Waals surface area contributed by atoms with Crippen LogP contribution >= 0.6 is 0 Å². The second kappa shape index (κ2) is 9.11. The molecule has 5 heterocycles. The van der Waals surface area contributed by atoms with Crippen molar-refractivity contribution in [2.24, 2.45) is 12.5 Å². The first-order valence-corrected chi connectivity index (χ1v) is 12.6. The van der Waals surface area contributed by atoms with Gasteiger partial charge in [-0.15, -0.1) is 0 Å². The molecular weight excluding hydrogens is 468 g/mol. The molecule has 190 valence electrons. The van der Waals surface area contributed by atoms with E-state index < -0.39 is 0 Å². The maximum absolute atomic E-state index is 13.0. The maximum Gasteiger partial charge on any atom is 0.257 e. The molecule has 1 saturated heterocycles. The largest absolute Gasteiger partial charge is 0.339 e. The van der Waals surface area contributed by atoms with Gasteiger partial charge in [-0.1, -0.05) is 0 Å². The van der Waals surface area contributed by atoms with E-state index in [-0.39, 0.29) is 11.8 Å². The van der Waals surface area contributed by atoms with Gasteiger partial charge in [-0.3, -0.25) is 24.2 Å². The molecule has 10 heteroatoms. The van der Waals surface area contributed by atoms with Crippen molar-refractivity contribution in [2.75, 3.05) is 30.3 Å². The number of amides is 2. The number of H-pyrrole nitrogens is 1. The van der Waals surface area contributed by atoms with Gasteiger partial charge in [0.25, 0.3) is 5.91 Å². The minimum atomic E-state index is -0.297. The predicted octanol–water partition coefficient (Wildman–Crippen LogP) is 3.73. The van der Waals surface area contributed by atoms with Gasteiger partial charge in [0, 0.05) is 30.4 Å². The van der Waals surface area contributed by atoms with Gasteiger partial charge in [0.2, 0.25) is 5.91 Å². The molecule has 0 atom stereocenters. The van der Waals surface area contributed by atoms with E-state index in [9.17, 15) is 9.59 Å². The van der Waals surface area contributed by atoms with Gasteiger partial charge >= 0.3 is 0 Å². The van der Waals surface area contributed by atoms with Gasteiger partial charge in [-0.05, 0) is 69.3 Å². The smallest absolute Gasteiger partial charge is 0.257 e. The summed E-state index contributed by atoms with van der Waals surface area (Å²) in [6.07, 6.45) is 11.9. The van der Waals surface area contributed by atoms with Crippen LogP contribution in [0.1, 0.15) is 41.7 Å². The number of likely N-dealkylation sites (tertiary alicyclic amines) is 1. The monoisotopic (exact) mass is 498 g/mol. The molecule has 0 unspecified atom stereocenters. The van der Waals surface area contributed by atoms with Crippen LogP contribution in [0.3, 0.4) is 0 Å². The van der Waals surface area contributed by atoms with Gasteiger partial charge < -0.3 is 15.6 Å². The molecule has 0 bridgehead atoms. The standard InChI is InChI=1S/C27H30N8O2/c1-17-22(11-21(14-28-17)31-24(36)16-35-7-5-27(3-4-27)6-8-35)33-26(37)19-9-18-10-23(32-25(18)29-12-19)20-13-30-34(2)15-20/h9-15H,3-8,16H2,1-2H3,(H,29,32)(H,31,36)(H,33,37). The number of carbonyl (C=O) groups is 2. The number of hydrogen-bond acceptors (Lipinski definition) is 6. The molecule has 0 aromatic carbocycles. The topological polar surface area (TPSA) is 121 Å². The van der Waals surface area contributed by atoms with E-state index in [1.54, 1.807) is 35.4 Å². The number of piperidine rings is 1. The molecular formula is C27H30N8O2. The Balaban J connectivity index is 1.11. The second-order valence-corrected chi connectivity index (χ2v) is 10.4. The normalized spacial score (nSPS) is 16.7. The van der Waals surface area contributed by atoms with Crippen molar-refractivity contribution in [1.29, 1.82) is 0 Å². The third kappa shape index (κ3) is 4.97. The molecule has 37 heavy (non-hydrogen) atoms. The van der Waals surface area contributed by atoms with Crippen molar-refractivity contribution in [1.82, 2.24) is 29.6 Å². The zero-order valence-corrected chi connectivity index (χ0v) is 21.0. The van der Waals surface area contributed by atoms with E-state index in [4.69, 9.17) is 0 Å². The van der Waals surface area contributed by atoms with Crippen LogP contribution in [0.4, 0.5) is 11.4 Å². The van der Waals surface area contributed by atoms with Crippen molar-refractivity contribution in [3.63, 3.8) is 0 Å². The molecule has 2 fully saturated rings. The lowest BCUT2D eigenvalue weighted by Gasteiger charge is -2.31. The number of aryl methyl sites for hydroxylation is 2. The molecule has 2 amide bonds. The van der Waals surface area contributed by atoms with Crippen molar-refractivity contribution in [2.45, 2.75) is 32.6 Å². The number of rotatable bonds is 6. The van der Waals surface area contributed by atoms with Gasteiger partial charge in [-0.2, -0.15) is 5.10 Å². The SMILES string of the molecule is Cc1ncc(NC(=O)CN2CCC3(CC2)CC3)cc1NC(=O)c1cnc2[nH]c(-c3cnn(C)c3)cc2c1. The number of anilines is 2. The lowest BCUT2D eigenvalue weighted by Crippen LogP contribution is -2.39. The fraction of sp³-hybridized carbons (Fsp3) is 0.370. The summed E-state index contributed by atoms with van der Waals surface area (Å²) < 4.78 is 1.73. The lowest BCUT2D eigenvalue weighted by atomic mass is 9.94. The average molecular weight is 499 g/mol. The summed E-state index contributed by atoms with van der Waals surface area (Å²) in [7, 11) is 1.86. The third-order valence-corrected chi connectivity index (χ3v) is 7.61. The van der Waals surface area contributed by atoms with Crippen LogP contribution in [0.15, 0.2) is 43.0 Å². The van der Waals surface area contributed by atoms with Crippen LogP contribution < -0.4 is 10.6 Å². The fourth-order valence-corrected chi connectivity index (χ4v) is 5.04. The Labute approximate surface area is 214 Å². The number of aromatic amines is 1. The van der Waals surface area contributed by atoms with Crippen LogP contribution in [-0.2, 0) is 11.8 Å². The number of nitrogens with zero attached hydrogens (tertiary/aromatic N) is 5. The highest BCUT2D eigenvalue weighted by atomic mass is 16.2.